The Kier molecular flexibility index (Phi) is 6.62. The van der Waals surface area contributed by atoms with E-state index in [1.807, 2.05) is 24.3 Å². The molecule has 8 nitrogen and oxygen atoms in total. The number of benzene rings is 2. The summed E-state index contributed by atoms with van der Waals surface area (Å²) in [6.07, 6.45) is 1.97. The van der Waals surface area contributed by atoms with Crippen molar-refractivity contribution in [3.63, 3.8) is 0 Å². The number of carbonyl (C=O) groups is 2. The summed E-state index contributed by atoms with van der Waals surface area (Å²) >= 11 is 0. The van der Waals surface area contributed by atoms with Crippen LogP contribution in [0, 0.1) is 0 Å². The van der Waals surface area contributed by atoms with Crippen molar-refractivity contribution in [3.05, 3.63) is 88.9 Å². The molecular weight excluding hydrogens is 446 g/mol. The summed E-state index contributed by atoms with van der Waals surface area (Å²) in [5.41, 5.74) is 2.52. The van der Waals surface area contributed by atoms with Crippen LogP contribution in [-0.2, 0) is 39.1 Å². The van der Waals surface area contributed by atoms with E-state index in [0.717, 1.165) is 11.1 Å². The van der Waals surface area contributed by atoms with Gasteiger partial charge in [-0.2, -0.15) is 4.31 Å². The Labute approximate surface area is 191 Å². The largest absolute Gasteiger partial charge is 0.465 e. The second-order valence-corrected chi connectivity index (χ2v) is 9.37. The third kappa shape index (κ3) is 4.84. The van der Waals surface area contributed by atoms with Crippen LogP contribution in [0.25, 0.3) is 0 Å². The molecule has 0 N–H and O–H groups in total. The zero-order valence-electron chi connectivity index (χ0n) is 18.0. The predicted molar refractivity (Wildman–Crippen MR) is 118 cm³/mol. The highest BCUT2D eigenvalue weighted by Gasteiger charge is 2.28. The summed E-state index contributed by atoms with van der Waals surface area (Å²) in [5.74, 6) is -1.06. The quantitative estimate of drug-likeness (QED) is 0.488. The molecule has 0 fully saturated rings. The van der Waals surface area contributed by atoms with Crippen molar-refractivity contribution in [1.29, 1.82) is 0 Å². The fourth-order valence-electron chi connectivity index (χ4n) is 3.64. The zero-order valence-corrected chi connectivity index (χ0v) is 18.8. The van der Waals surface area contributed by atoms with Crippen LogP contribution < -0.4 is 0 Å². The molecule has 1 aliphatic heterocycles. The van der Waals surface area contributed by atoms with Gasteiger partial charge in [0.05, 0.1) is 23.3 Å². The van der Waals surface area contributed by atoms with Gasteiger partial charge >= 0.3 is 11.9 Å². The van der Waals surface area contributed by atoms with E-state index in [1.165, 1.54) is 40.9 Å². The summed E-state index contributed by atoms with van der Waals surface area (Å²) in [6, 6.07) is 14.8. The van der Waals surface area contributed by atoms with Crippen molar-refractivity contribution >= 4 is 22.0 Å². The summed E-state index contributed by atoms with van der Waals surface area (Å²) in [4.78, 5) is 24.4. The average Bonchev–Trinajstić information content (AvgIpc) is 3.31. The maximum atomic E-state index is 13.1. The maximum Gasteiger partial charge on any atom is 0.341 e. The third-order valence-electron chi connectivity index (χ3n) is 5.40. The van der Waals surface area contributed by atoms with Gasteiger partial charge in [-0.1, -0.05) is 24.3 Å². The Morgan fingerprint density at radius 2 is 1.70 bits per heavy atom. The molecule has 2 heterocycles. The lowest BCUT2D eigenvalue weighted by Crippen LogP contribution is -2.35. The molecule has 0 aliphatic carbocycles. The number of hydrogen-bond donors (Lipinski definition) is 0. The molecule has 0 saturated carbocycles. The lowest BCUT2D eigenvalue weighted by atomic mass is 10.0. The van der Waals surface area contributed by atoms with Gasteiger partial charge in [0.2, 0.25) is 10.0 Å². The SMILES string of the molecule is CCOC(=O)c1ccoc1COC(=O)c1ccc(S(=O)(=O)N2CCc3ccccc3C2)cc1. The molecule has 172 valence electrons. The Bertz CT molecular complexity index is 1260. The molecule has 33 heavy (non-hydrogen) atoms. The predicted octanol–water partition coefficient (Wildman–Crippen LogP) is 3.56. The number of hydrogen-bond acceptors (Lipinski definition) is 7. The van der Waals surface area contributed by atoms with Crippen LogP contribution in [0.15, 0.2) is 70.2 Å². The van der Waals surface area contributed by atoms with Crippen LogP contribution in [-0.4, -0.2) is 37.8 Å². The van der Waals surface area contributed by atoms with Crippen molar-refractivity contribution in [2.45, 2.75) is 31.4 Å². The summed E-state index contributed by atoms with van der Waals surface area (Å²) in [6.45, 7) is 2.35. The van der Waals surface area contributed by atoms with Crippen LogP contribution in [0.3, 0.4) is 0 Å². The molecular formula is C24H23NO7S. The molecule has 0 unspecified atom stereocenters. The minimum atomic E-state index is -3.70. The molecule has 1 aromatic heterocycles. The summed E-state index contributed by atoms with van der Waals surface area (Å²) in [7, 11) is -3.70. The Hall–Kier alpha value is -3.43. The fourth-order valence-corrected chi connectivity index (χ4v) is 5.06. The van der Waals surface area contributed by atoms with Crippen molar-refractivity contribution < 1.29 is 31.9 Å². The highest BCUT2D eigenvalue weighted by atomic mass is 32.2. The van der Waals surface area contributed by atoms with E-state index < -0.39 is 22.0 Å². The van der Waals surface area contributed by atoms with Crippen LogP contribution in [0.5, 0.6) is 0 Å². The maximum absolute atomic E-state index is 13.1. The molecule has 0 spiro atoms. The van der Waals surface area contributed by atoms with Gasteiger partial charge in [-0.25, -0.2) is 18.0 Å². The molecule has 0 bridgehead atoms. The minimum absolute atomic E-state index is 0.106. The number of nitrogens with zero attached hydrogens (tertiary/aromatic N) is 1. The van der Waals surface area contributed by atoms with Crippen LogP contribution >= 0.6 is 0 Å². The van der Waals surface area contributed by atoms with E-state index in [1.54, 1.807) is 6.92 Å². The van der Waals surface area contributed by atoms with Gasteiger partial charge in [0.1, 0.15) is 5.56 Å². The first-order chi connectivity index (χ1) is 15.9. The monoisotopic (exact) mass is 469 g/mol. The number of esters is 2. The van der Waals surface area contributed by atoms with Gasteiger partial charge in [-0.05, 0) is 54.8 Å². The van der Waals surface area contributed by atoms with Crippen LogP contribution in [0.2, 0.25) is 0 Å². The van der Waals surface area contributed by atoms with E-state index in [-0.39, 0.29) is 35.0 Å². The Morgan fingerprint density at radius 1 is 0.970 bits per heavy atom. The Morgan fingerprint density at radius 3 is 2.42 bits per heavy atom. The van der Waals surface area contributed by atoms with Crippen molar-refractivity contribution in [3.8, 4) is 0 Å². The smallest absolute Gasteiger partial charge is 0.341 e. The van der Waals surface area contributed by atoms with Gasteiger partial charge in [0, 0.05) is 13.1 Å². The first kappa shape index (κ1) is 22.8. The second-order valence-electron chi connectivity index (χ2n) is 7.44. The lowest BCUT2D eigenvalue weighted by Gasteiger charge is -2.28. The standard InChI is InChI=1S/C24H23NO7S/c1-2-30-24(27)21-12-14-31-22(21)16-32-23(26)18-7-9-20(10-8-18)33(28,29)25-13-11-17-5-3-4-6-19(17)15-25/h3-10,12,14H,2,11,13,15-16H2,1H3. The molecule has 0 atom stereocenters. The van der Waals surface area contributed by atoms with E-state index in [4.69, 9.17) is 13.9 Å². The molecule has 2 aromatic carbocycles. The van der Waals surface area contributed by atoms with Crippen molar-refractivity contribution in [1.82, 2.24) is 4.31 Å². The molecule has 1 aliphatic rings. The van der Waals surface area contributed by atoms with Gasteiger partial charge in [0.15, 0.2) is 12.4 Å². The fraction of sp³-hybridized carbons (Fsp3) is 0.250. The molecule has 0 amide bonds. The topological polar surface area (TPSA) is 103 Å². The van der Waals surface area contributed by atoms with Gasteiger partial charge in [-0.15, -0.1) is 0 Å². The minimum Gasteiger partial charge on any atom is -0.465 e. The summed E-state index contributed by atoms with van der Waals surface area (Å²) < 4.78 is 42.9. The summed E-state index contributed by atoms with van der Waals surface area (Å²) in [5, 5.41) is 0. The van der Waals surface area contributed by atoms with Crippen LogP contribution in [0.4, 0.5) is 0 Å². The van der Waals surface area contributed by atoms with E-state index in [9.17, 15) is 18.0 Å². The van der Waals surface area contributed by atoms with Gasteiger partial charge in [-0.3, -0.25) is 0 Å². The third-order valence-corrected chi connectivity index (χ3v) is 7.26. The lowest BCUT2D eigenvalue weighted by molar-refractivity contribution is 0.0422. The number of furan rings is 1. The van der Waals surface area contributed by atoms with E-state index >= 15 is 0 Å². The zero-order chi connectivity index (χ0) is 23.4. The number of carbonyl (C=O) groups excluding carboxylic acids is 2. The molecule has 0 saturated heterocycles. The number of ether oxygens (including phenoxy) is 2. The molecule has 3 aromatic rings. The molecule has 4 rings (SSSR count). The van der Waals surface area contributed by atoms with E-state index in [0.29, 0.717) is 19.5 Å². The Balaban J connectivity index is 1.41. The number of fused-ring (bicyclic) bond motifs is 1. The number of sulfonamides is 1. The van der Waals surface area contributed by atoms with Gasteiger partial charge < -0.3 is 13.9 Å². The highest BCUT2D eigenvalue weighted by Crippen LogP contribution is 2.25. The molecule has 9 heteroatoms. The van der Waals surface area contributed by atoms with Gasteiger partial charge in [0.25, 0.3) is 0 Å². The highest BCUT2D eigenvalue weighted by molar-refractivity contribution is 7.89. The number of rotatable bonds is 7. The first-order valence-corrected chi connectivity index (χ1v) is 11.9. The normalized spacial score (nSPS) is 13.8. The second kappa shape index (κ2) is 9.60. The van der Waals surface area contributed by atoms with Crippen molar-refractivity contribution in [2.24, 2.45) is 0 Å². The first-order valence-electron chi connectivity index (χ1n) is 10.5. The van der Waals surface area contributed by atoms with Crippen molar-refractivity contribution in [2.75, 3.05) is 13.2 Å². The van der Waals surface area contributed by atoms with E-state index in [2.05, 4.69) is 0 Å². The average molecular weight is 470 g/mol. The molecule has 0 radical (unpaired) electrons. The van der Waals surface area contributed by atoms with Crippen LogP contribution in [0.1, 0.15) is 44.5 Å².